The molecule has 19 heavy (non-hydrogen) atoms. The summed E-state index contributed by atoms with van der Waals surface area (Å²) in [6.45, 7) is 0. The van der Waals surface area contributed by atoms with E-state index < -0.39 is 5.97 Å². The van der Waals surface area contributed by atoms with Crippen molar-refractivity contribution in [2.24, 2.45) is 7.05 Å². The van der Waals surface area contributed by atoms with Crippen LogP contribution in [0.25, 0.3) is 22.3 Å². The van der Waals surface area contributed by atoms with Gasteiger partial charge in [0.25, 0.3) is 0 Å². The maximum absolute atomic E-state index is 13.2. The number of carbonyl (C=O) groups is 1. The van der Waals surface area contributed by atoms with Crippen LogP contribution >= 0.6 is 0 Å². The summed E-state index contributed by atoms with van der Waals surface area (Å²) in [4.78, 5) is 10.8. The normalized spacial score (nSPS) is 11.1. The molecule has 0 amide bonds. The van der Waals surface area contributed by atoms with Crippen LogP contribution in [0.3, 0.4) is 0 Å². The Hall–Kier alpha value is -2.63. The maximum atomic E-state index is 13.2. The Bertz CT molecular complexity index is 788. The third kappa shape index (κ3) is 1.77. The summed E-state index contributed by atoms with van der Waals surface area (Å²) in [7, 11) is 1.82. The summed E-state index contributed by atoms with van der Waals surface area (Å²) < 4.78 is 15.0. The minimum atomic E-state index is -1.07. The Labute approximate surface area is 107 Å². The van der Waals surface area contributed by atoms with E-state index in [4.69, 9.17) is 5.11 Å². The molecule has 2 aromatic heterocycles. The molecule has 2 heterocycles. The first kappa shape index (κ1) is 11.5. The molecule has 0 atom stereocenters. The molecule has 0 aliphatic carbocycles. The number of rotatable bonds is 2. The van der Waals surface area contributed by atoms with Crippen LogP contribution < -0.4 is 0 Å². The number of carboxylic acids is 1. The summed E-state index contributed by atoms with van der Waals surface area (Å²) in [5.74, 6) is -1.37. The summed E-state index contributed by atoms with van der Waals surface area (Å²) >= 11 is 0. The molecule has 0 unspecified atom stereocenters. The highest BCUT2D eigenvalue weighted by atomic mass is 19.1. The first-order valence-electron chi connectivity index (χ1n) is 5.60. The van der Waals surface area contributed by atoms with Crippen molar-refractivity contribution in [3.8, 4) is 11.4 Å². The van der Waals surface area contributed by atoms with Crippen LogP contribution in [0.15, 0.2) is 30.3 Å². The highest BCUT2D eigenvalue weighted by molar-refractivity contribution is 5.89. The van der Waals surface area contributed by atoms with Gasteiger partial charge in [0.1, 0.15) is 17.2 Å². The van der Waals surface area contributed by atoms with E-state index in [0.717, 1.165) is 16.6 Å². The van der Waals surface area contributed by atoms with Gasteiger partial charge < -0.3 is 9.67 Å². The maximum Gasteiger partial charge on any atom is 0.353 e. The van der Waals surface area contributed by atoms with Crippen molar-refractivity contribution in [3.63, 3.8) is 0 Å². The molecule has 2 N–H and O–H groups in total. The fourth-order valence-electron chi connectivity index (χ4n) is 2.13. The number of hydrogen-bond acceptors (Lipinski definition) is 2. The number of H-pyrrole nitrogens is 1. The zero-order valence-electron chi connectivity index (χ0n) is 10.0. The van der Waals surface area contributed by atoms with Gasteiger partial charge in [0.15, 0.2) is 0 Å². The van der Waals surface area contributed by atoms with Gasteiger partial charge in [0, 0.05) is 24.0 Å². The number of hydrogen-bond donors (Lipinski definition) is 2. The third-order valence-corrected chi connectivity index (χ3v) is 3.08. The van der Waals surface area contributed by atoms with Gasteiger partial charge in [-0.1, -0.05) is 0 Å². The topological polar surface area (TPSA) is 70.9 Å². The molecule has 0 bridgehead atoms. The lowest BCUT2D eigenvalue weighted by Crippen LogP contribution is -1.95. The summed E-state index contributed by atoms with van der Waals surface area (Å²) in [5.41, 5.74) is 2.11. The number of aryl methyl sites for hydroxylation is 1. The average molecular weight is 259 g/mol. The molecule has 0 spiro atoms. The lowest BCUT2D eigenvalue weighted by atomic mass is 10.2. The zero-order chi connectivity index (χ0) is 13.6. The lowest BCUT2D eigenvalue weighted by Gasteiger charge is -2.00. The van der Waals surface area contributed by atoms with Gasteiger partial charge >= 0.3 is 5.97 Å². The molecule has 0 fully saturated rings. The fourth-order valence-corrected chi connectivity index (χ4v) is 2.13. The first-order valence-corrected chi connectivity index (χ1v) is 5.60. The Morgan fingerprint density at radius 1 is 1.37 bits per heavy atom. The van der Waals surface area contributed by atoms with E-state index >= 15 is 0 Å². The number of fused-ring (bicyclic) bond motifs is 1. The molecule has 6 heteroatoms. The Morgan fingerprint density at radius 2 is 2.16 bits per heavy atom. The van der Waals surface area contributed by atoms with Crippen LogP contribution in [0.4, 0.5) is 4.39 Å². The van der Waals surface area contributed by atoms with E-state index in [0.29, 0.717) is 5.69 Å². The lowest BCUT2D eigenvalue weighted by molar-refractivity contribution is 0.0690. The Morgan fingerprint density at radius 3 is 2.84 bits per heavy atom. The number of benzene rings is 1. The largest absolute Gasteiger partial charge is 0.477 e. The van der Waals surface area contributed by atoms with E-state index in [1.807, 2.05) is 11.6 Å². The Kier molecular flexibility index (Phi) is 2.38. The number of nitrogens with zero attached hydrogens (tertiary/aromatic N) is 2. The van der Waals surface area contributed by atoms with E-state index in [2.05, 4.69) is 10.2 Å². The van der Waals surface area contributed by atoms with Crippen molar-refractivity contribution >= 4 is 16.9 Å². The van der Waals surface area contributed by atoms with Crippen LogP contribution in [-0.2, 0) is 7.05 Å². The van der Waals surface area contributed by atoms with Crippen LogP contribution in [-0.4, -0.2) is 25.8 Å². The van der Waals surface area contributed by atoms with E-state index in [1.165, 1.54) is 18.2 Å². The molecule has 0 aliphatic heterocycles. The molecule has 0 aliphatic rings. The molecule has 0 saturated carbocycles. The van der Waals surface area contributed by atoms with Gasteiger partial charge in [-0.2, -0.15) is 5.10 Å². The van der Waals surface area contributed by atoms with Crippen LogP contribution in [0, 0.1) is 5.82 Å². The molecule has 1 aromatic carbocycles. The van der Waals surface area contributed by atoms with Crippen molar-refractivity contribution in [2.75, 3.05) is 0 Å². The number of aromatic amines is 1. The number of aromatic nitrogens is 3. The highest BCUT2D eigenvalue weighted by Crippen LogP contribution is 2.26. The van der Waals surface area contributed by atoms with Gasteiger partial charge in [-0.25, -0.2) is 9.18 Å². The number of halogens is 1. The zero-order valence-corrected chi connectivity index (χ0v) is 10.0. The first-order chi connectivity index (χ1) is 9.06. The van der Waals surface area contributed by atoms with Crippen LogP contribution in [0.1, 0.15) is 10.5 Å². The van der Waals surface area contributed by atoms with Gasteiger partial charge in [-0.15, -0.1) is 0 Å². The fraction of sp³-hybridized carbons (Fsp3) is 0.0769. The summed E-state index contributed by atoms with van der Waals surface area (Å²) in [6.07, 6.45) is 0. The molecule has 0 saturated heterocycles. The second kappa shape index (κ2) is 3.94. The van der Waals surface area contributed by atoms with Crippen LogP contribution in [0.5, 0.6) is 0 Å². The van der Waals surface area contributed by atoms with Crippen molar-refractivity contribution in [1.82, 2.24) is 14.8 Å². The predicted octanol–water partition coefficient (Wildman–Crippen LogP) is 2.41. The van der Waals surface area contributed by atoms with Crippen molar-refractivity contribution < 1.29 is 14.3 Å². The summed E-state index contributed by atoms with van der Waals surface area (Å²) in [5, 5.41) is 16.0. The van der Waals surface area contributed by atoms with Gasteiger partial charge in [-0.3, -0.25) is 5.10 Å². The van der Waals surface area contributed by atoms with Gasteiger partial charge in [0.2, 0.25) is 0 Å². The van der Waals surface area contributed by atoms with Gasteiger partial charge in [0.05, 0.1) is 5.69 Å². The molecule has 96 valence electrons. The number of aromatic carboxylic acids is 1. The van der Waals surface area contributed by atoms with E-state index in [-0.39, 0.29) is 11.5 Å². The highest BCUT2D eigenvalue weighted by Gasteiger charge is 2.13. The van der Waals surface area contributed by atoms with Gasteiger partial charge in [-0.05, 0) is 24.3 Å². The minimum Gasteiger partial charge on any atom is -0.477 e. The quantitative estimate of drug-likeness (QED) is 0.742. The molecule has 3 aromatic rings. The molecule has 0 radical (unpaired) electrons. The van der Waals surface area contributed by atoms with Crippen molar-refractivity contribution in [3.05, 3.63) is 41.8 Å². The SMILES string of the molecule is Cn1c(-c2cc(C(=O)O)[nH]n2)cc2cc(F)ccc21. The average Bonchev–Trinajstić information content (AvgIpc) is 2.94. The van der Waals surface area contributed by atoms with Crippen LogP contribution in [0.2, 0.25) is 0 Å². The number of nitrogens with one attached hydrogen (secondary N) is 1. The molecular weight excluding hydrogens is 249 g/mol. The molecule has 5 nitrogen and oxygen atoms in total. The van der Waals surface area contributed by atoms with E-state index in [1.54, 1.807) is 12.1 Å². The number of carboxylic acid groups (broad SMARTS) is 1. The summed E-state index contributed by atoms with van der Waals surface area (Å²) in [6, 6.07) is 7.73. The second-order valence-corrected chi connectivity index (χ2v) is 4.26. The monoisotopic (exact) mass is 259 g/mol. The van der Waals surface area contributed by atoms with Crippen molar-refractivity contribution in [1.29, 1.82) is 0 Å². The second-order valence-electron chi connectivity index (χ2n) is 4.26. The molecule has 3 rings (SSSR count). The molecular formula is C13H10FN3O2. The third-order valence-electron chi connectivity index (χ3n) is 3.08. The van der Waals surface area contributed by atoms with E-state index in [9.17, 15) is 9.18 Å². The standard InChI is InChI=1S/C13H10FN3O2/c1-17-11-3-2-8(14)4-7(11)5-12(17)9-6-10(13(18)19)16-15-9/h2-6H,1H3,(H,15,16)(H,18,19). The smallest absolute Gasteiger partial charge is 0.353 e. The minimum absolute atomic E-state index is 0.0198. The Balaban J connectivity index is 2.18. The predicted molar refractivity (Wildman–Crippen MR) is 67.4 cm³/mol. The van der Waals surface area contributed by atoms with Crippen molar-refractivity contribution in [2.45, 2.75) is 0 Å².